The third-order valence-corrected chi connectivity index (χ3v) is 2.24. The van der Waals surface area contributed by atoms with Gasteiger partial charge in [0, 0.05) is 5.56 Å². The van der Waals surface area contributed by atoms with Crippen molar-refractivity contribution in [2.24, 2.45) is 5.73 Å². The summed E-state index contributed by atoms with van der Waals surface area (Å²) in [7, 11) is 0. The Morgan fingerprint density at radius 2 is 1.94 bits per heavy atom. The topological polar surface area (TPSA) is 52.3 Å². The van der Waals surface area contributed by atoms with Crippen LogP contribution in [-0.4, -0.2) is 17.9 Å². The summed E-state index contributed by atoms with van der Waals surface area (Å²) in [5.74, 6) is 0.774. The molecule has 0 aromatic heterocycles. The third kappa shape index (κ3) is 3.07. The number of ketones is 1. The predicted molar refractivity (Wildman–Crippen MR) is 64.9 cm³/mol. The molecule has 0 saturated heterocycles. The molecule has 0 spiro atoms. The van der Waals surface area contributed by atoms with Crippen molar-refractivity contribution in [2.75, 3.05) is 0 Å². The molecule has 1 unspecified atom stereocenters. The monoisotopic (exact) mass is 221 g/mol. The average molecular weight is 221 g/mol. The van der Waals surface area contributed by atoms with Crippen LogP contribution in [0.15, 0.2) is 18.2 Å². The first kappa shape index (κ1) is 12.7. The lowest BCUT2D eigenvalue weighted by Gasteiger charge is -2.13. The second-order valence-corrected chi connectivity index (χ2v) is 4.30. The lowest BCUT2D eigenvalue weighted by atomic mass is 10.0. The highest BCUT2D eigenvalue weighted by molar-refractivity contribution is 5.99. The van der Waals surface area contributed by atoms with E-state index in [1.165, 1.54) is 0 Å². The summed E-state index contributed by atoms with van der Waals surface area (Å²) in [6.07, 6.45) is 0.133. The molecule has 0 fully saturated rings. The van der Waals surface area contributed by atoms with Crippen molar-refractivity contribution in [3.05, 3.63) is 29.3 Å². The minimum Gasteiger partial charge on any atom is -0.491 e. The van der Waals surface area contributed by atoms with Gasteiger partial charge in [0.25, 0.3) is 0 Å². The summed E-state index contributed by atoms with van der Waals surface area (Å²) < 4.78 is 5.60. The van der Waals surface area contributed by atoms with E-state index in [1.54, 1.807) is 13.0 Å². The smallest absolute Gasteiger partial charge is 0.179 e. The Morgan fingerprint density at radius 3 is 2.38 bits per heavy atom. The number of benzene rings is 1. The molecule has 0 bridgehead atoms. The Bertz CT molecular complexity index is 384. The zero-order valence-electron chi connectivity index (χ0n) is 10.3. The Hall–Kier alpha value is -1.35. The van der Waals surface area contributed by atoms with Crippen LogP contribution in [0, 0.1) is 6.92 Å². The zero-order valence-corrected chi connectivity index (χ0v) is 10.3. The van der Waals surface area contributed by atoms with Crippen molar-refractivity contribution in [3.8, 4) is 5.75 Å². The molecule has 88 valence electrons. The first-order valence-electron chi connectivity index (χ1n) is 5.49. The van der Waals surface area contributed by atoms with Gasteiger partial charge in [0.1, 0.15) is 5.75 Å². The molecule has 1 aromatic carbocycles. The standard InChI is InChI=1S/C13H19NO2/c1-8(2)16-12-6-5-11(7-9(12)3)13(15)10(4)14/h5-8,10H,14H2,1-4H3. The molecule has 0 aliphatic carbocycles. The van der Waals surface area contributed by atoms with Crippen LogP contribution in [0.3, 0.4) is 0 Å². The quantitative estimate of drug-likeness (QED) is 0.794. The highest BCUT2D eigenvalue weighted by Gasteiger charge is 2.12. The highest BCUT2D eigenvalue weighted by atomic mass is 16.5. The molecule has 1 aromatic rings. The third-order valence-electron chi connectivity index (χ3n) is 2.24. The van der Waals surface area contributed by atoms with Crippen molar-refractivity contribution in [1.29, 1.82) is 0 Å². The van der Waals surface area contributed by atoms with Crippen LogP contribution >= 0.6 is 0 Å². The largest absolute Gasteiger partial charge is 0.491 e. The van der Waals surface area contributed by atoms with Gasteiger partial charge in [0.2, 0.25) is 0 Å². The van der Waals surface area contributed by atoms with Crippen LogP contribution in [0.1, 0.15) is 36.7 Å². The first-order chi connectivity index (χ1) is 7.41. The second-order valence-electron chi connectivity index (χ2n) is 4.30. The molecule has 0 saturated carbocycles. The normalized spacial score (nSPS) is 12.6. The van der Waals surface area contributed by atoms with Crippen LogP contribution in [-0.2, 0) is 0 Å². The van der Waals surface area contributed by atoms with Gasteiger partial charge in [-0.05, 0) is 51.5 Å². The number of rotatable bonds is 4. The van der Waals surface area contributed by atoms with Crippen molar-refractivity contribution in [3.63, 3.8) is 0 Å². The van der Waals surface area contributed by atoms with E-state index in [0.717, 1.165) is 11.3 Å². The van der Waals surface area contributed by atoms with Gasteiger partial charge < -0.3 is 10.5 Å². The number of carbonyl (C=O) groups excluding carboxylic acids is 1. The van der Waals surface area contributed by atoms with Crippen LogP contribution in [0.2, 0.25) is 0 Å². The molecule has 16 heavy (non-hydrogen) atoms. The number of nitrogens with two attached hydrogens (primary N) is 1. The lowest BCUT2D eigenvalue weighted by molar-refractivity contribution is 0.0968. The maximum Gasteiger partial charge on any atom is 0.179 e. The Labute approximate surface area is 96.6 Å². The van der Waals surface area contributed by atoms with Crippen LogP contribution in [0.4, 0.5) is 0 Å². The van der Waals surface area contributed by atoms with Crippen molar-refractivity contribution >= 4 is 5.78 Å². The number of hydrogen-bond donors (Lipinski definition) is 1. The van der Waals surface area contributed by atoms with E-state index < -0.39 is 6.04 Å². The molecular formula is C13H19NO2. The molecule has 0 aliphatic rings. The van der Waals surface area contributed by atoms with E-state index in [9.17, 15) is 4.79 Å². The Morgan fingerprint density at radius 1 is 1.31 bits per heavy atom. The number of hydrogen-bond acceptors (Lipinski definition) is 3. The van der Waals surface area contributed by atoms with Gasteiger partial charge in [0.05, 0.1) is 12.1 Å². The lowest BCUT2D eigenvalue weighted by Crippen LogP contribution is -2.26. The number of aryl methyl sites for hydroxylation is 1. The van der Waals surface area contributed by atoms with Crippen LogP contribution in [0.5, 0.6) is 5.75 Å². The molecule has 3 nitrogen and oxygen atoms in total. The maximum atomic E-state index is 11.7. The number of Topliss-reactive ketones (excluding diaryl/α,β-unsaturated/α-hetero) is 1. The summed E-state index contributed by atoms with van der Waals surface area (Å²) >= 11 is 0. The minimum absolute atomic E-state index is 0.0424. The fourth-order valence-corrected chi connectivity index (χ4v) is 1.45. The molecule has 0 aliphatic heterocycles. The molecule has 0 radical (unpaired) electrons. The van der Waals surface area contributed by atoms with Gasteiger partial charge in [0.15, 0.2) is 5.78 Å². The van der Waals surface area contributed by atoms with Crippen molar-refractivity contribution in [1.82, 2.24) is 0 Å². The summed E-state index contributed by atoms with van der Waals surface area (Å²) in [5, 5.41) is 0. The highest BCUT2D eigenvalue weighted by Crippen LogP contribution is 2.20. The van der Waals surface area contributed by atoms with Crippen molar-refractivity contribution in [2.45, 2.75) is 39.8 Å². The van der Waals surface area contributed by atoms with Gasteiger partial charge in [-0.2, -0.15) is 0 Å². The van der Waals surface area contributed by atoms with Gasteiger partial charge in [-0.15, -0.1) is 0 Å². The van der Waals surface area contributed by atoms with Gasteiger partial charge in [-0.1, -0.05) is 0 Å². The Kier molecular flexibility index (Phi) is 4.07. The molecule has 1 atom stereocenters. The molecule has 3 heteroatoms. The second kappa shape index (κ2) is 5.12. The molecule has 2 N–H and O–H groups in total. The van der Waals surface area contributed by atoms with E-state index in [2.05, 4.69) is 0 Å². The van der Waals surface area contributed by atoms with Crippen LogP contribution in [0.25, 0.3) is 0 Å². The number of ether oxygens (including phenoxy) is 1. The number of carbonyl (C=O) groups is 1. The molecule has 0 heterocycles. The van der Waals surface area contributed by atoms with E-state index in [0.29, 0.717) is 5.56 Å². The van der Waals surface area contributed by atoms with Gasteiger partial charge in [-0.3, -0.25) is 4.79 Å². The van der Waals surface area contributed by atoms with E-state index in [-0.39, 0.29) is 11.9 Å². The average Bonchev–Trinajstić information content (AvgIpc) is 2.19. The fourth-order valence-electron chi connectivity index (χ4n) is 1.45. The summed E-state index contributed by atoms with van der Waals surface area (Å²) in [6, 6.07) is 4.95. The summed E-state index contributed by atoms with van der Waals surface area (Å²) in [6.45, 7) is 7.56. The Balaban J connectivity index is 2.95. The predicted octanol–water partition coefficient (Wildman–Crippen LogP) is 2.31. The minimum atomic E-state index is -0.462. The van der Waals surface area contributed by atoms with Gasteiger partial charge >= 0.3 is 0 Å². The summed E-state index contributed by atoms with van der Waals surface area (Å²) in [4.78, 5) is 11.7. The maximum absolute atomic E-state index is 11.7. The van der Waals surface area contributed by atoms with Crippen molar-refractivity contribution < 1.29 is 9.53 Å². The van der Waals surface area contributed by atoms with E-state index in [4.69, 9.17) is 10.5 Å². The van der Waals surface area contributed by atoms with E-state index >= 15 is 0 Å². The summed E-state index contributed by atoms with van der Waals surface area (Å²) in [5.41, 5.74) is 7.16. The van der Waals surface area contributed by atoms with E-state index in [1.807, 2.05) is 32.9 Å². The molecule has 0 amide bonds. The first-order valence-corrected chi connectivity index (χ1v) is 5.49. The molecular weight excluding hydrogens is 202 g/mol. The SMILES string of the molecule is Cc1cc(C(=O)C(C)N)ccc1OC(C)C. The van der Waals surface area contributed by atoms with Gasteiger partial charge in [-0.25, -0.2) is 0 Å². The molecule has 1 rings (SSSR count). The van der Waals surface area contributed by atoms with Crippen LogP contribution < -0.4 is 10.5 Å². The zero-order chi connectivity index (χ0) is 12.3. The fraction of sp³-hybridized carbons (Fsp3) is 0.462.